The van der Waals surface area contributed by atoms with Gasteiger partial charge in [0.25, 0.3) is 0 Å². The van der Waals surface area contributed by atoms with Crippen LogP contribution in [0.3, 0.4) is 0 Å². The predicted octanol–water partition coefficient (Wildman–Crippen LogP) is 10.4. The molecule has 0 amide bonds. The molecule has 0 saturated heterocycles. The van der Waals surface area contributed by atoms with Crippen molar-refractivity contribution in [3.63, 3.8) is 0 Å². The smallest absolute Gasteiger partial charge is 0.182 e. The topological polar surface area (TPSA) is 16.4 Å². The third-order valence-corrected chi connectivity index (χ3v) is 20.4. The largest absolute Gasteiger partial charge is 0.456 e. The van der Waals surface area contributed by atoms with Crippen LogP contribution in [0, 0.1) is 23.7 Å². The van der Waals surface area contributed by atoms with Crippen LogP contribution < -0.4 is 25.6 Å². The fraction of sp³-hybridized carbons (Fsp3) is 0.192. The van der Waals surface area contributed by atoms with Crippen LogP contribution in [-0.2, 0) is 5.41 Å². The molecule has 4 fully saturated rings. The number of hydrogen-bond acceptors (Lipinski definition) is 2. The Kier molecular flexibility index (Phi) is 5.48. The maximum absolute atomic E-state index is 6.75. The van der Waals surface area contributed by atoms with Crippen LogP contribution in [0.2, 0.25) is 0 Å². The quantitative estimate of drug-likeness (QED) is 0.157. The number of fused-ring (bicyclic) bond motifs is 15. The number of furan rings is 1. The summed E-state index contributed by atoms with van der Waals surface area (Å²) in [7, 11) is -2.60. The molecule has 2 nitrogen and oxygen atoms in total. The van der Waals surface area contributed by atoms with E-state index in [0.29, 0.717) is 11.8 Å². The van der Waals surface area contributed by atoms with Gasteiger partial charge in [0.2, 0.25) is 0 Å². The van der Waals surface area contributed by atoms with Crippen molar-refractivity contribution in [3.8, 4) is 22.3 Å². The third-order valence-electron chi connectivity index (χ3n) is 15.4. The lowest BCUT2D eigenvalue weighted by molar-refractivity contribution is -0.0419. The van der Waals surface area contributed by atoms with Crippen LogP contribution in [0.15, 0.2) is 156 Å². The molecule has 0 unspecified atom stereocenters. The molecule has 4 bridgehead atoms. The summed E-state index contributed by atoms with van der Waals surface area (Å²) in [6, 6.07) is 58.7. The summed E-state index contributed by atoms with van der Waals surface area (Å²) < 4.78 is 6.75. The van der Waals surface area contributed by atoms with Gasteiger partial charge in [-0.1, -0.05) is 115 Å². The lowest BCUT2D eigenvalue weighted by Crippen LogP contribution is -2.70. The van der Waals surface area contributed by atoms with Crippen molar-refractivity contribution >= 4 is 67.8 Å². The first kappa shape index (κ1) is 29.7. The summed E-state index contributed by atoms with van der Waals surface area (Å²) in [5, 5.41) is 8.52. The van der Waals surface area contributed by atoms with E-state index < -0.39 is 8.07 Å². The van der Waals surface area contributed by atoms with Crippen molar-refractivity contribution in [2.24, 2.45) is 23.7 Å². The van der Waals surface area contributed by atoms with Gasteiger partial charge in [-0.3, -0.25) is 0 Å². The second-order valence-corrected chi connectivity index (χ2v) is 21.3. The van der Waals surface area contributed by atoms with Crippen molar-refractivity contribution in [2.45, 2.75) is 37.5 Å². The van der Waals surface area contributed by atoms with Gasteiger partial charge < -0.3 is 9.32 Å². The molecule has 55 heavy (non-hydrogen) atoms. The van der Waals surface area contributed by atoms with Crippen molar-refractivity contribution in [1.82, 2.24) is 0 Å². The Bertz CT molecular complexity index is 2900. The van der Waals surface area contributed by atoms with Crippen LogP contribution in [0.4, 0.5) is 17.1 Å². The molecule has 7 aromatic carbocycles. The van der Waals surface area contributed by atoms with E-state index in [9.17, 15) is 0 Å². The molecule has 4 aliphatic carbocycles. The monoisotopic (exact) mass is 721 g/mol. The lowest BCUT2D eigenvalue weighted by Gasteiger charge is -2.64. The second-order valence-electron chi connectivity index (χ2n) is 17.6. The molecule has 262 valence electrons. The molecule has 0 N–H and O–H groups in total. The van der Waals surface area contributed by atoms with Crippen LogP contribution in [0.5, 0.6) is 0 Å². The summed E-state index contributed by atoms with van der Waals surface area (Å²) in [6.07, 6.45) is 6.85. The van der Waals surface area contributed by atoms with E-state index in [1.807, 2.05) is 0 Å². The van der Waals surface area contributed by atoms with Crippen molar-refractivity contribution in [1.29, 1.82) is 0 Å². The average molecular weight is 722 g/mol. The Hall–Kier alpha value is -5.64. The van der Waals surface area contributed by atoms with E-state index in [0.717, 1.165) is 23.0 Å². The molecule has 7 aliphatic rings. The molecule has 4 saturated carbocycles. The van der Waals surface area contributed by atoms with Crippen LogP contribution >= 0.6 is 0 Å². The zero-order chi connectivity index (χ0) is 35.6. The third kappa shape index (κ3) is 3.42. The summed E-state index contributed by atoms with van der Waals surface area (Å²) in [5.41, 5.74) is 14.6. The number of benzene rings is 7. The van der Waals surface area contributed by atoms with E-state index >= 15 is 0 Å². The van der Waals surface area contributed by atoms with E-state index in [2.05, 4.69) is 157 Å². The normalized spacial score (nSPS) is 25.3. The highest BCUT2D eigenvalue weighted by Crippen LogP contribution is 2.70. The van der Waals surface area contributed by atoms with E-state index in [1.54, 1.807) is 5.56 Å². The number of anilines is 3. The van der Waals surface area contributed by atoms with Crippen LogP contribution in [0.1, 0.15) is 43.2 Å². The lowest BCUT2D eigenvalue weighted by atomic mass is 9.41. The van der Waals surface area contributed by atoms with E-state index in [4.69, 9.17) is 4.42 Å². The molecule has 4 heterocycles. The first-order chi connectivity index (χ1) is 27.2. The maximum atomic E-state index is 6.75. The van der Waals surface area contributed by atoms with Crippen molar-refractivity contribution in [3.05, 3.63) is 163 Å². The highest BCUT2D eigenvalue weighted by molar-refractivity contribution is 7.24. The van der Waals surface area contributed by atoms with Crippen LogP contribution in [0.25, 0.3) is 44.2 Å². The molecule has 8 aromatic rings. The van der Waals surface area contributed by atoms with Gasteiger partial charge in [0.05, 0.1) is 11.4 Å². The molecule has 2 spiro atoms. The Morgan fingerprint density at radius 1 is 0.455 bits per heavy atom. The Morgan fingerprint density at radius 2 is 1.04 bits per heavy atom. The molecule has 0 atom stereocenters. The molecule has 1 aromatic heterocycles. The van der Waals surface area contributed by atoms with Gasteiger partial charge in [-0.25, -0.2) is 0 Å². The zero-order valence-electron chi connectivity index (χ0n) is 30.6. The summed E-state index contributed by atoms with van der Waals surface area (Å²) in [6.45, 7) is 0. The highest BCUT2D eigenvalue weighted by atomic mass is 28.3. The first-order valence-electron chi connectivity index (χ1n) is 20.5. The van der Waals surface area contributed by atoms with Gasteiger partial charge in [0.1, 0.15) is 11.2 Å². The van der Waals surface area contributed by atoms with E-state index in [1.165, 1.54) is 109 Å². The van der Waals surface area contributed by atoms with Crippen molar-refractivity contribution < 1.29 is 4.42 Å². The van der Waals surface area contributed by atoms with Crippen molar-refractivity contribution in [2.75, 3.05) is 4.90 Å². The number of nitrogens with zero attached hydrogens (tertiary/aromatic N) is 1. The van der Waals surface area contributed by atoms with Crippen LogP contribution in [-0.4, -0.2) is 8.07 Å². The zero-order valence-corrected chi connectivity index (χ0v) is 31.6. The minimum absolute atomic E-state index is 0.00468. The summed E-state index contributed by atoms with van der Waals surface area (Å²) >= 11 is 0. The average Bonchev–Trinajstić information content (AvgIpc) is 3.85. The number of para-hydroxylation sites is 2. The molecule has 3 aliphatic heterocycles. The fourth-order valence-corrected chi connectivity index (χ4v) is 19.5. The minimum Gasteiger partial charge on any atom is -0.456 e. The van der Waals surface area contributed by atoms with Gasteiger partial charge >= 0.3 is 0 Å². The standard InChI is InChI=1S/C52H39NOSi/c1-7-17-46-36(11-1)41-29-45-43(30-47(41)54-46)52(33-24-31-23-32(26-33)27-34(52)25-31)42-15-5-6-16-44(42)53(45)35-21-22-40-39-14-4-10-20-50(39)55(51(40)28-35)48-18-8-2-12-37(48)38-13-3-9-19-49(38)55/h1-22,28-34H,23-27H2. The molecule has 0 radical (unpaired) electrons. The fourth-order valence-electron chi connectivity index (χ4n) is 13.9. The molecule has 3 heteroatoms. The van der Waals surface area contributed by atoms with Gasteiger partial charge in [-0.05, 0) is 146 Å². The Labute approximate surface area is 322 Å². The van der Waals surface area contributed by atoms with E-state index in [-0.39, 0.29) is 5.41 Å². The number of hydrogen-bond donors (Lipinski definition) is 0. The molecule has 15 rings (SSSR count). The Balaban J connectivity index is 1.08. The predicted molar refractivity (Wildman–Crippen MR) is 228 cm³/mol. The first-order valence-corrected chi connectivity index (χ1v) is 22.5. The minimum atomic E-state index is -2.60. The van der Waals surface area contributed by atoms with Gasteiger partial charge in [-0.15, -0.1) is 0 Å². The van der Waals surface area contributed by atoms with Gasteiger partial charge in [-0.2, -0.15) is 0 Å². The summed E-state index contributed by atoms with van der Waals surface area (Å²) in [5.74, 6) is 3.08. The second kappa shape index (κ2) is 10.2. The Morgan fingerprint density at radius 3 is 1.73 bits per heavy atom. The maximum Gasteiger partial charge on any atom is 0.182 e. The van der Waals surface area contributed by atoms with Gasteiger partial charge in [0, 0.05) is 21.9 Å². The number of rotatable bonds is 1. The SMILES string of the molecule is c1ccc2c(c1)-c1ccccc1[Si]21c2ccccc2-c2ccc(N3c4ccccc4C4(c5cc6oc7ccccc7c6cc53)C3CC5CC(C3)CC4C5)cc21. The molecular weight excluding hydrogens is 683 g/mol. The highest BCUT2D eigenvalue weighted by Gasteiger charge is 2.62. The molecular formula is C52H39NOSi. The van der Waals surface area contributed by atoms with Gasteiger partial charge in [0.15, 0.2) is 8.07 Å². The summed E-state index contributed by atoms with van der Waals surface area (Å²) in [4.78, 5) is 2.67.